The summed E-state index contributed by atoms with van der Waals surface area (Å²) in [5.41, 5.74) is 0.115. The molecule has 34 heavy (non-hydrogen) atoms. The number of carbonyl (C=O) groups is 1. The Morgan fingerprint density at radius 1 is 1.18 bits per heavy atom. The van der Waals surface area contributed by atoms with Crippen LogP contribution in [0, 0.1) is 11.6 Å². The quantitative estimate of drug-likeness (QED) is 0.430. The Kier molecular flexibility index (Phi) is 8.50. The first-order chi connectivity index (χ1) is 16.1. The topological polar surface area (TPSA) is 105 Å². The maximum Gasteiger partial charge on any atom is 0.306 e. The van der Waals surface area contributed by atoms with Crippen molar-refractivity contribution in [2.45, 2.75) is 37.5 Å². The van der Waals surface area contributed by atoms with E-state index in [4.69, 9.17) is 9.84 Å². The van der Waals surface area contributed by atoms with Crippen LogP contribution in [0.25, 0.3) is 11.1 Å². The van der Waals surface area contributed by atoms with Crippen LogP contribution in [0.3, 0.4) is 0 Å². The molecule has 1 aliphatic rings. The van der Waals surface area contributed by atoms with E-state index in [0.29, 0.717) is 0 Å². The summed E-state index contributed by atoms with van der Waals surface area (Å²) < 4.78 is 87.8. The number of carboxylic acid groups (broad SMARTS) is 1. The van der Waals surface area contributed by atoms with Gasteiger partial charge in [0.25, 0.3) is 0 Å². The van der Waals surface area contributed by atoms with Crippen LogP contribution in [0.4, 0.5) is 17.6 Å². The van der Waals surface area contributed by atoms with Gasteiger partial charge in [-0.25, -0.2) is 30.7 Å². The van der Waals surface area contributed by atoms with Gasteiger partial charge in [-0.1, -0.05) is 30.3 Å². The molecule has 1 aliphatic heterocycles. The van der Waals surface area contributed by atoms with Crippen molar-refractivity contribution in [3.63, 3.8) is 0 Å². The average Bonchev–Trinajstić information content (AvgIpc) is 2.78. The first-order valence-electron chi connectivity index (χ1n) is 10.5. The fourth-order valence-corrected chi connectivity index (χ4v) is 4.64. The van der Waals surface area contributed by atoms with Gasteiger partial charge in [-0.15, -0.1) is 0 Å². The number of halogens is 4. The monoisotopic (exact) mass is 504 g/mol. The fraction of sp³-hybridized carbons (Fsp3) is 0.409. The first kappa shape index (κ1) is 25.9. The number of nitrogens with one attached hydrogen (secondary N) is 2. The second-order valence-corrected chi connectivity index (χ2v) is 9.51. The molecule has 0 aromatic heterocycles. The van der Waals surface area contributed by atoms with Gasteiger partial charge in [-0.05, 0) is 31.0 Å². The van der Waals surface area contributed by atoms with E-state index in [2.05, 4.69) is 5.32 Å². The molecule has 1 heterocycles. The third-order valence-electron chi connectivity index (χ3n) is 5.45. The number of ether oxygens (including phenoxy) is 1. The predicted octanol–water partition coefficient (Wildman–Crippen LogP) is 2.94. The summed E-state index contributed by atoms with van der Waals surface area (Å²) in [5.74, 6) is -3.02. The largest absolute Gasteiger partial charge is 0.489 e. The van der Waals surface area contributed by atoms with Crippen LogP contribution in [-0.4, -0.2) is 56.9 Å². The Labute approximate surface area is 194 Å². The second kappa shape index (κ2) is 11.2. The van der Waals surface area contributed by atoms with Crippen LogP contribution < -0.4 is 14.8 Å². The normalized spacial score (nSPS) is 20.8. The Hall–Kier alpha value is -2.70. The molecule has 7 nitrogen and oxygen atoms in total. The number of sulfonamides is 1. The number of alkyl halides is 2. The van der Waals surface area contributed by atoms with E-state index in [0.717, 1.165) is 6.07 Å². The molecule has 0 aliphatic carbocycles. The van der Waals surface area contributed by atoms with Crippen molar-refractivity contribution in [2.75, 3.05) is 19.2 Å². The molecule has 0 spiro atoms. The minimum absolute atomic E-state index is 0.00116. The van der Waals surface area contributed by atoms with Crippen molar-refractivity contribution >= 4 is 16.0 Å². The molecule has 2 unspecified atom stereocenters. The predicted molar refractivity (Wildman–Crippen MR) is 116 cm³/mol. The van der Waals surface area contributed by atoms with Gasteiger partial charge in [-0.3, -0.25) is 4.79 Å². The molecule has 3 N–H and O–H groups in total. The summed E-state index contributed by atoms with van der Waals surface area (Å²) in [5, 5.41) is 11.7. The molecule has 1 fully saturated rings. The zero-order valence-corrected chi connectivity index (χ0v) is 18.8. The molecule has 0 amide bonds. The van der Waals surface area contributed by atoms with E-state index in [9.17, 15) is 26.4 Å². The van der Waals surface area contributed by atoms with Gasteiger partial charge in [0.2, 0.25) is 16.0 Å². The SMILES string of the molecule is O=C(O)CCOc1c(F)cccc1-c1cccc(C[C@@H]2NCCC(F)C2NS(=O)(=O)CF)c1F. The van der Waals surface area contributed by atoms with Crippen molar-refractivity contribution in [3.8, 4) is 16.9 Å². The van der Waals surface area contributed by atoms with Gasteiger partial charge < -0.3 is 15.2 Å². The maximum absolute atomic E-state index is 15.5. The van der Waals surface area contributed by atoms with E-state index in [1.165, 1.54) is 30.3 Å². The molecule has 186 valence electrons. The molecule has 2 aromatic rings. The average molecular weight is 505 g/mol. The third-order valence-corrected chi connectivity index (χ3v) is 6.37. The zero-order chi connectivity index (χ0) is 24.9. The second-order valence-electron chi connectivity index (χ2n) is 7.82. The van der Waals surface area contributed by atoms with Gasteiger partial charge in [0.05, 0.1) is 19.1 Å². The lowest BCUT2D eigenvalue weighted by atomic mass is 9.90. The van der Waals surface area contributed by atoms with Crippen molar-refractivity contribution < 1.29 is 40.6 Å². The van der Waals surface area contributed by atoms with Gasteiger partial charge >= 0.3 is 5.97 Å². The number of rotatable bonds is 10. The molecule has 1 saturated heterocycles. The van der Waals surface area contributed by atoms with Crippen LogP contribution in [-0.2, 0) is 21.2 Å². The molecule has 12 heteroatoms. The zero-order valence-electron chi connectivity index (χ0n) is 17.9. The van der Waals surface area contributed by atoms with Gasteiger partial charge in [0, 0.05) is 17.2 Å². The highest BCUT2D eigenvalue weighted by atomic mass is 32.2. The van der Waals surface area contributed by atoms with Crippen LogP contribution in [0.15, 0.2) is 36.4 Å². The Morgan fingerprint density at radius 3 is 2.59 bits per heavy atom. The molecular formula is C22H24F4N2O5S. The molecule has 0 radical (unpaired) electrons. The highest BCUT2D eigenvalue weighted by molar-refractivity contribution is 7.89. The van der Waals surface area contributed by atoms with Crippen molar-refractivity contribution in [3.05, 3.63) is 53.6 Å². The maximum atomic E-state index is 15.5. The summed E-state index contributed by atoms with van der Waals surface area (Å²) in [7, 11) is -4.35. The minimum atomic E-state index is -4.35. The number of carboxylic acids is 1. The number of aliphatic carboxylic acids is 1. The molecular weight excluding hydrogens is 480 g/mol. The number of para-hydroxylation sites is 1. The molecule has 0 saturated carbocycles. The van der Waals surface area contributed by atoms with E-state index in [-0.39, 0.29) is 54.9 Å². The summed E-state index contributed by atoms with van der Waals surface area (Å²) in [6.07, 6.45) is -2.12. The highest BCUT2D eigenvalue weighted by Crippen LogP contribution is 2.35. The first-order valence-corrected chi connectivity index (χ1v) is 12.1. The van der Waals surface area contributed by atoms with Crippen molar-refractivity contribution in [1.82, 2.24) is 10.0 Å². The van der Waals surface area contributed by atoms with Gasteiger partial charge in [0.15, 0.2) is 11.6 Å². The Balaban J connectivity index is 1.91. The summed E-state index contributed by atoms with van der Waals surface area (Å²) in [6.45, 7) is -0.114. The van der Waals surface area contributed by atoms with Crippen molar-refractivity contribution in [1.29, 1.82) is 0 Å². The third kappa shape index (κ3) is 6.24. The Bertz CT molecular complexity index is 1130. The fourth-order valence-electron chi connectivity index (χ4n) is 3.85. The van der Waals surface area contributed by atoms with E-state index in [1.807, 2.05) is 4.72 Å². The van der Waals surface area contributed by atoms with Gasteiger partial charge in [0.1, 0.15) is 12.0 Å². The van der Waals surface area contributed by atoms with Crippen LogP contribution in [0.5, 0.6) is 5.75 Å². The molecule has 0 bridgehead atoms. The van der Waals surface area contributed by atoms with Crippen LogP contribution >= 0.6 is 0 Å². The lowest BCUT2D eigenvalue weighted by molar-refractivity contribution is -0.137. The summed E-state index contributed by atoms with van der Waals surface area (Å²) in [4.78, 5) is 10.7. The van der Waals surface area contributed by atoms with Crippen molar-refractivity contribution in [2.24, 2.45) is 0 Å². The van der Waals surface area contributed by atoms with Crippen LogP contribution in [0.2, 0.25) is 0 Å². The number of hydrogen-bond acceptors (Lipinski definition) is 5. The van der Waals surface area contributed by atoms with E-state index in [1.54, 1.807) is 0 Å². The standard InChI is InChI=1S/C22H24F4N2O5S/c23-12-34(31,32)28-21-16(24)7-9-27-18(21)11-13-3-1-4-14(20(13)26)15-5-2-6-17(25)22(15)33-10-8-19(29)30/h1-6,16,18,21,27-28H,7-12H2,(H,29,30)/t16?,18-,21?/m0/s1. The lowest BCUT2D eigenvalue weighted by Gasteiger charge is -2.35. The number of hydrogen-bond donors (Lipinski definition) is 3. The smallest absolute Gasteiger partial charge is 0.306 e. The van der Waals surface area contributed by atoms with E-state index < -0.39 is 51.9 Å². The Morgan fingerprint density at radius 2 is 1.88 bits per heavy atom. The molecule has 2 aromatic carbocycles. The van der Waals surface area contributed by atoms with Gasteiger partial charge in [-0.2, -0.15) is 0 Å². The highest BCUT2D eigenvalue weighted by Gasteiger charge is 2.36. The number of benzene rings is 2. The summed E-state index contributed by atoms with van der Waals surface area (Å²) >= 11 is 0. The van der Waals surface area contributed by atoms with Crippen LogP contribution in [0.1, 0.15) is 18.4 Å². The molecule has 3 atom stereocenters. The number of piperidine rings is 1. The lowest BCUT2D eigenvalue weighted by Crippen LogP contribution is -2.59. The summed E-state index contributed by atoms with van der Waals surface area (Å²) in [6, 6.07) is 4.27. The van der Waals surface area contributed by atoms with E-state index >= 15 is 4.39 Å². The molecule has 3 rings (SSSR count). The minimum Gasteiger partial charge on any atom is -0.489 e.